The molecule has 1 heterocycles. The smallest absolute Gasteiger partial charge is 0.338 e. The topological polar surface area (TPSA) is 92.8 Å². The van der Waals surface area contributed by atoms with Crippen molar-refractivity contribution in [2.45, 2.75) is 38.1 Å². The van der Waals surface area contributed by atoms with Gasteiger partial charge in [0.1, 0.15) is 6.04 Å². The van der Waals surface area contributed by atoms with Gasteiger partial charge in [-0.2, -0.15) is 4.31 Å². The average molecular weight is 401 g/mol. The summed E-state index contributed by atoms with van der Waals surface area (Å²) >= 11 is 1.39. The van der Waals surface area contributed by atoms with E-state index in [4.69, 9.17) is 4.74 Å². The van der Waals surface area contributed by atoms with Gasteiger partial charge in [-0.1, -0.05) is 18.2 Å². The minimum Gasteiger partial charge on any atom is -0.465 e. The van der Waals surface area contributed by atoms with Gasteiger partial charge in [0, 0.05) is 11.3 Å². The molecule has 1 amide bonds. The number of sulfonamides is 1. The number of methoxy groups -OCH3 is 1. The summed E-state index contributed by atoms with van der Waals surface area (Å²) in [6.07, 6.45) is 0. The van der Waals surface area contributed by atoms with Crippen molar-refractivity contribution in [2.75, 3.05) is 18.7 Å². The molecule has 0 saturated carbocycles. The Bertz CT molecular complexity index is 787. The van der Waals surface area contributed by atoms with E-state index in [1.165, 1.54) is 29.2 Å². The maximum atomic E-state index is 12.9. The van der Waals surface area contributed by atoms with E-state index in [0.717, 1.165) is 0 Å². The monoisotopic (exact) mass is 400 g/mol. The molecule has 0 bridgehead atoms. The number of ether oxygens (including phenoxy) is 1. The van der Waals surface area contributed by atoms with Crippen LogP contribution in [0.2, 0.25) is 0 Å². The van der Waals surface area contributed by atoms with Crippen LogP contribution in [0, 0.1) is 0 Å². The molecule has 1 aliphatic rings. The minimum absolute atomic E-state index is 0.209. The average Bonchev–Trinajstić information content (AvgIpc) is 3.03. The number of hydrogen-bond donors (Lipinski definition) is 1. The van der Waals surface area contributed by atoms with Gasteiger partial charge in [0.15, 0.2) is 0 Å². The summed E-state index contributed by atoms with van der Waals surface area (Å²) in [5, 5.41) is 2.83. The summed E-state index contributed by atoms with van der Waals surface area (Å²) in [6, 6.07) is 5.67. The summed E-state index contributed by atoms with van der Waals surface area (Å²) < 4.78 is 31.8. The number of nitrogens with one attached hydrogen (secondary N) is 1. The third-order valence-corrected chi connectivity index (χ3v) is 6.71. The summed E-state index contributed by atoms with van der Waals surface area (Å²) in [4.78, 5) is 24.4. The lowest BCUT2D eigenvalue weighted by atomic mass is 10.1. The van der Waals surface area contributed by atoms with Crippen LogP contribution in [0.5, 0.6) is 0 Å². The highest BCUT2D eigenvalue weighted by molar-refractivity contribution is 8.00. The van der Waals surface area contributed by atoms with Gasteiger partial charge in [0.25, 0.3) is 0 Å². The van der Waals surface area contributed by atoms with Crippen molar-refractivity contribution < 1.29 is 22.7 Å². The fraction of sp³-hybridized carbons (Fsp3) is 0.529. The van der Waals surface area contributed by atoms with Crippen LogP contribution in [0.1, 0.15) is 36.7 Å². The Hall–Kier alpha value is -1.58. The van der Waals surface area contributed by atoms with E-state index in [1.807, 2.05) is 20.8 Å². The van der Waals surface area contributed by atoms with Crippen LogP contribution >= 0.6 is 11.8 Å². The Morgan fingerprint density at radius 1 is 1.31 bits per heavy atom. The van der Waals surface area contributed by atoms with Crippen LogP contribution < -0.4 is 5.32 Å². The Labute approximate surface area is 158 Å². The van der Waals surface area contributed by atoms with Crippen molar-refractivity contribution in [2.24, 2.45) is 0 Å². The maximum absolute atomic E-state index is 12.9. The van der Waals surface area contributed by atoms with Crippen molar-refractivity contribution in [3.63, 3.8) is 0 Å². The lowest BCUT2D eigenvalue weighted by Gasteiger charge is -2.27. The second kappa shape index (κ2) is 7.98. The first kappa shape index (κ1) is 20.7. The molecule has 0 aromatic heterocycles. The number of hydrogen-bond acceptors (Lipinski definition) is 6. The number of amides is 1. The number of rotatable bonds is 5. The molecule has 0 radical (unpaired) electrons. The molecular weight excluding hydrogens is 376 g/mol. The van der Waals surface area contributed by atoms with Crippen LogP contribution in [-0.2, 0) is 25.3 Å². The van der Waals surface area contributed by atoms with Crippen LogP contribution in [0.25, 0.3) is 0 Å². The van der Waals surface area contributed by atoms with Crippen LogP contribution in [0.4, 0.5) is 0 Å². The van der Waals surface area contributed by atoms with Gasteiger partial charge >= 0.3 is 5.97 Å². The highest BCUT2D eigenvalue weighted by Gasteiger charge is 2.40. The predicted molar refractivity (Wildman–Crippen MR) is 101 cm³/mol. The molecule has 2 rings (SSSR count). The van der Waals surface area contributed by atoms with Gasteiger partial charge in [-0.3, -0.25) is 4.79 Å². The summed E-state index contributed by atoms with van der Waals surface area (Å²) in [7, 11) is -2.54. The van der Waals surface area contributed by atoms with E-state index in [0.29, 0.717) is 11.3 Å². The maximum Gasteiger partial charge on any atom is 0.338 e. The van der Waals surface area contributed by atoms with E-state index in [1.54, 1.807) is 18.2 Å². The molecule has 7 nitrogen and oxygen atoms in total. The van der Waals surface area contributed by atoms with Gasteiger partial charge in [-0.25, -0.2) is 13.2 Å². The molecule has 1 saturated heterocycles. The standard InChI is InChI=1S/C17H24N2O5S2/c1-17(2,3)18-15(20)14-9-25-11-19(14)26(22,23)10-12-7-5-6-8-13(12)16(21)24-4/h5-8,14H,9-11H2,1-4H3,(H,18,20)/t14-/m0/s1. The van der Waals surface area contributed by atoms with Crippen molar-refractivity contribution >= 4 is 33.7 Å². The molecule has 0 aliphatic carbocycles. The summed E-state index contributed by atoms with van der Waals surface area (Å²) in [5.41, 5.74) is 0.115. The quantitative estimate of drug-likeness (QED) is 0.755. The molecule has 26 heavy (non-hydrogen) atoms. The fourth-order valence-corrected chi connectivity index (χ4v) is 5.94. The molecule has 0 spiro atoms. The first-order valence-electron chi connectivity index (χ1n) is 8.10. The van der Waals surface area contributed by atoms with E-state index >= 15 is 0 Å². The minimum atomic E-state index is -3.78. The second-order valence-corrected chi connectivity index (χ2v) is 9.97. The number of esters is 1. The first-order chi connectivity index (χ1) is 12.0. The third kappa shape index (κ3) is 4.99. The zero-order chi connectivity index (χ0) is 19.5. The highest BCUT2D eigenvalue weighted by Crippen LogP contribution is 2.27. The lowest BCUT2D eigenvalue weighted by Crippen LogP contribution is -2.52. The second-order valence-electron chi connectivity index (χ2n) is 7.05. The molecule has 1 aromatic carbocycles. The number of thioether (sulfide) groups is 1. The van der Waals surface area contributed by atoms with E-state index < -0.39 is 27.6 Å². The molecule has 1 aromatic rings. The fourth-order valence-electron chi connectivity index (χ4n) is 2.60. The van der Waals surface area contributed by atoms with Crippen LogP contribution in [0.15, 0.2) is 24.3 Å². The Kier molecular flexibility index (Phi) is 6.36. The normalized spacial score (nSPS) is 18.5. The third-order valence-electron chi connectivity index (χ3n) is 3.76. The Morgan fingerprint density at radius 3 is 2.58 bits per heavy atom. The van der Waals surface area contributed by atoms with E-state index in [9.17, 15) is 18.0 Å². The molecule has 0 unspecified atom stereocenters. The molecule has 9 heteroatoms. The summed E-state index contributed by atoms with van der Waals surface area (Å²) in [5.74, 6) is -0.649. The number of nitrogens with zero attached hydrogens (tertiary/aromatic N) is 1. The molecular formula is C17H24N2O5S2. The first-order valence-corrected chi connectivity index (χ1v) is 10.9. The molecule has 1 fully saturated rings. The van der Waals surface area contributed by atoms with Gasteiger partial charge in [0.05, 0.1) is 24.3 Å². The van der Waals surface area contributed by atoms with E-state index in [-0.39, 0.29) is 23.1 Å². The molecule has 1 N–H and O–H groups in total. The Balaban J connectivity index is 2.25. The van der Waals surface area contributed by atoms with Crippen molar-refractivity contribution in [3.05, 3.63) is 35.4 Å². The van der Waals surface area contributed by atoms with E-state index in [2.05, 4.69) is 5.32 Å². The zero-order valence-electron chi connectivity index (χ0n) is 15.3. The largest absolute Gasteiger partial charge is 0.465 e. The lowest BCUT2D eigenvalue weighted by molar-refractivity contribution is -0.125. The van der Waals surface area contributed by atoms with Crippen LogP contribution in [-0.4, -0.2) is 54.9 Å². The van der Waals surface area contributed by atoms with Gasteiger partial charge in [0.2, 0.25) is 15.9 Å². The number of carbonyl (C=O) groups excluding carboxylic acids is 2. The predicted octanol–water partition coefficient (Wildman–Crippen LogP) is 1.59. The van der Waals surface area contributed by atoms with Crippen LogP contribution in [0.3, 0.4) is 0 Å². The van der Waals surface area contributed by atoms with Gasteiger partial charge in [-0.05, 0) is 32.4 Å². The SMILES string of the molecule is COC(=O)c1ccccc1CS(=O)(=O)N1CSC[C@H]1C(=O)NC(C)(C)C. The van der Waals surface area contributed by atoms with Crippen molar-refractivity contribution in [1.82, 2.24) is 9.62 Å². The zero-order valence-corrected chi connectivity index (χ0v) is 16.9. The van der Waals surface area contributed by atoms with Gasteiger partial charge in [-0.15, -0.1) is 11.8 Å². The van der Waals surface area contributed by atoms with Crippen molar-refractivity contribution in [3.8, 4) is 0 Å². The molecule has 1 atom stereocenters. The van der Waals surface area contributed by atoms with Gasteiger partial charge < -0.3 is 10.1 Å². The number of carbonyl (C=O) groups is 2. The molecule has 144 valence electrons. The Morgan fingerprint density at radius 2 is 1.96 bits per heavy atom. The highest BCUT2D eigenvalue weighted by atomic mass is 32.2. The number of benzene rings is 1. The molecule has 1 aliphatic heterocycles. The summed E-state index contributed by atoms with van der Waals surface area (Å²) in [6.45, 7) is 5.54. The van der Waals surface area contributed by atoms with Crippen molar-refractivity contribution in [1.29, 1.82) is 0 Å².